The van der Waals surface area contributed by atoms with Crippen LogP contribution in [0.1, 0.15) is 198 Å². The molecule has 2 amide bonds. The van der Waals surface area contributed by atoms with Gasteiger partial charge in [-0.1, -0.05) is 122 Å². The summed E-state index contributed by atoms with van der Waals surface area (Å²) in [5.74, 6) is -4.16. The number of halogens is 2. The molecule has 6 atom stereocenters. The van der Waals surface area contributed by atoms with Gasteiger partial charge >= 0.3 is 23.9 Å². The van der Waals surface area contributed by atoms with Gasteiger partial charge in [-0.25, -0.2) is 22.5 Å². The monoisotopic (exact) mass is 1840 g/mol. The summed E-state index contributed by atoms with van der Waals surface area (Å²) in [6, 6.07) is 10.5. The Morgan fingerprint density at radius 2 is 1.00 bits per heavy atom. The number of carbonyl (C=O) groups is 6. The van der Waals surface area contributed by atoms with Crippen LogP contribution in [0.2, 0.25) is 10.0 Å². The minimum Gasteiger partial charge on any atom is -0.459 e. The number of benzene rings is 2. The van der Waals surface area contributed by atoms with Crippen molar-refractivity contribution in [3.63, 3.8) is 0 Å². The van der Waals surface area contributed by atoms with Crippen molar-refractivity contribution in [3.8, 4) is 0 Å². The summed E-state index contributed by atoms with van der Waals surface area (Å²) in [7, 11) is 3.46. The Hall–Kier alpha value is -8.09. The Kier molecular flexibility index (Phi) is 45.0. The molecule has 40 heteroatoms. The number of methoxy groups -OCH3 is 1. The predicted molar refractivity (Wildman–Crippen MR) is 471 cm³/mol. The number of carbonyl (C=O) groups excluding carboxylic acids is 6. The van der Waals surface area contributed by atoms with E-state index >= 15 is 14.4 Å². The van der Waals surface area contributed by atoms with Crippen LogP contribution >= 0.6 is 23.2 Å². The van der Waals surface area contributed by atoms with Gasteiger partial charge in [0.25, 0.3) is 0 Å². The van der Waals surface area contributed by atoms with Crippen LogP contribution in [0, 0.1) is 27.1 Å². The Bertz CT molecular complexity index is 4460. The van der Waals surface area contributed by atoms with Crippen molar-refractivity contribution in [2.24, 2.45) is 27.1 Å². The van der Waals surface area contributed by atoms with Gasteiger partial charge in [0.05, 0.1) is 163 Å². The molecule has 4 aromatic heterocycles. The molecule has 0 saturated heterocycles. The molecule has 7 rings (SSSR count). The highest BCUT2D eigenvalue weighted by molar-refractivity contribution is 7.89. The maximum Gasteiger partial charge on any atom is 0.312 e. The number of aromatic nitrogens is 12. The topological polar surface area (TPSA) is 424 Å². The van der Waals surface area contributed by atoms with E-state index in [9.17, 15) is 27.9 Å². The number of esters is 4. The second kappa shape index (κ2) is 53.9. The number of likely N-dealkylation sites (N-methyl/N-ethyl adjacent to an activating group) is 1. The van der Waals surface area contributed by atoms with Crippen molar-refractivity contribution in [3.05, 3.63) is 111 Å². The summed E-state index contributed by atoms with van der Waals surface area (Å²) in [4.78, 5) is 93.1. The maximum atomic E-state index is 15.8. The number of sulfonamides is 1. The van der Waals surface area contributed by atoms with E-state index in [1.54, 1.807) is 109 Å². The summed E-state index contributed by atoms with van der Waals surface area (Å²) in [6.07, 6.45) is 13.5. The molecule has 2 aromatic carbocycles. The lowest BCUT2D eigenvalue weighted by Gasteiger charge is -2.44. The van der Waals surface area contributed by atoms with Crippen LogP contribution < -0.4 is 15.4 Å². The fourth-order valence-corrected chi connectivity index (χ4v) is 17.1. The molecule has 6 aromatic rings. The largest absolute Gasteiger partial charge is 0.459 e. The molecule has 127 heavy (non-hydrogen) atoms. The van der Waals surface area contributed by atoms with E-state index in [2.05, 4.69) is 68.4 Å². The molecule has 0 aliphatic carbocycles. The maximum absolute atomic E-state index is 15.8. The first-order valence-corrected chi connectivity index (χ1v) is 46.2. The molecule has 4 N–H and O–H groups in total. The molecule has 6 unspecified atom stereocenters. The Labute approximate surface area is 757 Å². The average molecular weight is 1840 g/mol. The number of nitrogens with one attached hydrogen (secondary N) is 3. The van der Waals surface area contributed by atoms with Crippen LogP contribution in [0.15, 0.2) is 66.1 Å². The van der Waals surface area contributed by atoms with E-state index in [1.165, 1.54) is 53.1 Å². The highest BCUT2D eigenvalue weighted by Gasteiger charge is 2.56. The first kappa shape index (κ1) is 106. The third-order valence-corrected chi connectivity index (χ3v) is 24.0. The summed E-state index contributed by atoms with van der Waals surface area (Å²) < 4.78 is 99.5. The molecule has 5 heterocycles. The van der Waals surface area contributed by atoms with Gasteiger partial charge in [-0.15, -0.1) is 20.4 Å². The van der Waals surface area contributed by atoms with Crippen LogP contribution in [0.5, 0.6) is 0 Å². The standard InChI is InChI=1S/C87H137Cl2N17O20S/c1-14-16-17-18-19-20-21-22-29-103-51-68(93-97-103)57-123-79(110)83(4,5)61-85(7,80(111)124-58-69-52-104(98-94-69)31-27-90-77(108)26-30-101(10)11)63-87(9,82(113)126-60-71-54-106(100-96-71)33-36-119-41-44-122-46-45-120-38-37-116-13)64-86(8,62-84(6,15-2)78(109)91-50-65(3)107)81(112)125-59-70-53-105(99-95-70)32-35-118-40-43-121-42-39-117-34-28-92-127(114,115)72-25-23-24-66(47-72)74-55-102(12)56-75-73(74)48-67(88)49-76(75)89/h23-25,47-49,51-54,65,74,92,107H,14-22,26-46,50,55-64H2,1-13H3,(H,90,108)(H,91,109). The molecule has 710 valence electrons. The molecular weight excluding hydrogens is 1710 g/mol. The molecule has 0 radical (unpaired) electrons. The second-order valence-electron chi connectivity index (χ2n) is 34.7. The van der Waals surface area contributed by atoms with E-state index in [0.29, 0.717) is 88.0 Å². The molecule has 0 fully saturated rings. The average Bonchev–Trinajstić information content (AvgIpc) is 1.36. The molecule has 0 saturated carbocycles. The number of fused-ring (bicyclic) bond motifs is 1. The summed E-state index contributed by atoms with van der Waals surface area (Å²) in [5, 5.41) is 51.3. The highest BCUT2D eigenvalue weighted by atomic mass is 35.5. The van der Waals surface area contributed by atoms with Crippen LogP contribution in [-0.4, -0.2) is 272 Å². The molecule has 37 nitrogen and oxygen atoms in total. The third-order valence-electron chi connectivity index (χ3n) is 22.0. The number of nitrogens with zero attached hydrogens (tertiary/aromatic N) is 14. The minimum atomic E-state index is -3.88. The van der Waals surface area contributed by atoms with Gasteiger partial charge in [-0.05, 0) is 142 Å². The van der Waals surface area contributed by atoms with Gasteiger partial charge < -0.3 is 77.6 Å². The molecule has 1 aliphatic heterocycles. The van der Waals surface area contributed by atoms with Gasteiger partial charge in [0, 0.05) is 80.7 Å². The van der Waals surface area contributed by atoms with Crippen molar-refractivity contribution in [1.29, 1.82) is 0 Å². The van der Waals surface area contributed by atoms with Crippen molar-refractivity contribution >= 4 is 68.9 Å². The van der Waals surface area contributed by atoms with Gasteiger partial charge in [-0.3, -0.25) is 38.1 Å². The molecule has 0 bridgehead atoms. The lowest BCUT2D eigenvalue weighted by atomic mass is 9.59. The third kappa shape index (κ3) is 36.6. The SMILES string of the molecule is CCCCCCCCCCn1cc(COC(=O)C(C)(C)CC(C)(CC(C)(CC(C)(CC(C)(CC)C(=O)NCC(C)O)C(=O)OCc2cn(CCOCCOCCOCCNS(=O)(=O)c3cccc(C4CN(C)Cc5c(Cl)cc(Cl)cc54)c3)nn2)C(=O)OCc2cn(CCOCCOCCOCCOC)nn2)C(=O)OCc2cn(CCNC(=O)CCN(C)C)nn2)nn1. The van der Waals surface area contributed by atoms with E-state index < -0.39 is 106 Å². The molecular formula is C87H137Cl2N17O20S. The molecule has 1 aliphatic rings. The fourth-order valence-electron chi connectivity index (χ4n) is 15.4. The first-order valence-electron chi connectivity index (χ1n) is 43.9. The highest BCUT2D eigenvalue weighted by Crippen LogP contribution is 2.52. The van der Waals surface area contributed by atoms with E-state index in [0.717, 1.165) is 36.0 Å². The van der Waals surface area contributed by atoms with Crippen molar-refractivity contribution in [2.45, 2.75) is 228 Å². The van der Waals surface area contributed by atoms with Gasteiger partial charge in [-0.2, -0.15) is 0 Å². The summed E-state index contributed by atoms with van der Waals surface area (Å²) in [5.41, 5.74) is -4.67. The number of hydrogen-bond donors (Lipinski definition) is 4. The first-order chi connectivity index (χ1) is 60.6. The van der Waals surface area contributed by atoms with Crippen molar-refractivity contribution < 1.29 is 94.4 Å². The molecule has 0 spiro atoms. The Morgan fingerprint density at radius 1 is 0.551 bits per heavy atom. The predicted octanol–water partition coefficient (Wildman–Crippen LogP) is 8.66. The number of aliphatic hydroxyl groups excluding tert-OH is 1. The number of aryl methyl sites for hydroxylation is 1. The fraction of sp³-hybridized carbons (Fsp3) is 0.701. The quantitative estimate of drug-likeness (QED) is 0.0157. The number of rotatable bonds is 66. The smallest absolute Gasteiger partial charge is 0.312 e. The number of ether oxygens (including phenoxy) is 11. The summed E-state index contributed by atoms with van der Waals surface area (Å²) >= 11 is 13.0. The zero-order chi connectivity index (χ0) is 92.5. The number of amides is 2. The number of aliphatic hydroxyl groups is 1. The number of unbranched alkanes of at least 4 members (excludes halogenated alkanes) is 7. The second-order valence-corrected chi connectivity index (χ2v) is 37.3. The van der Waals surface area contributed by atoms with E-state index in [-0.39, 0.29) is 145 Å². The Morgan fingerprint density at radius 3 is 1.49 bits per heavy atom. The minimum absolute atomic E-state index is 0.0287. The number of hydrogen-bond acceptors (Lipinski definition) is 30. The van der Waals surface area contributed by atoms with E-state index in [4.69, 9.17) is 75.3 Å². The lowest BCUT2D eigenvalue weighted by Crippen LogP contribution is -2.50. The van der Waals surface area contributed by atoms with E-state index in [1.807, 2.05) is 38.2 Å². The summed E-state index contributed by atoms with van der Waals surface area (Å²) in [6.45, 7) is 20.6. The zero-order valence-corrected chi connectivity index (χ0v) is 78.9. The van der Waals surface area contributed by atoms with Crippen LogP contribution in [0.3, 0.4) is 0 Å². The van der Waals surface area contributed by atoms with Crippen molar-refractivity contribution in [2.75, 3.05) is 147 Å². The Balaban J connectivity index is 1.06. The lowest BCUT2D eigenvalue weighted by molar-refractivity contribution is -0.175. The normalized spacial score (nSPS) is 15.4. The van der Waals surface area contributed by atoms with Gasteiger partial charge in [0.2, 0.25) is 21.8 Å². The van der Waals surface area contributed by atoms with Gasteiger partial charge in [0.1, 0.15) is 49.2 Å². The van der Waals surface area contributed by atoms with Crippen LogP contribution in [-0.2, 0) is 150 Å². The van der Waals surface area contributed by atoms with Gasteiger partial charge in [0.15, 0.2) is 0 Å². The zero-order valence-electron chi connectivity index (χ0n) is 76.5. The van der Waals surface area contributed by atoms with Crippen LogP contribution in [0.4, 0.5) is 0 Å². The van der Waals surface area contributed by atoms with Crippen LogP contribution in [0.25, 0.3) is 0 Å². The van der Waals surface area contributed by atoms with Crippen molar-refractivity contribution in [1.82, 2.24) is 85.1 Å².